The Morgan fingerprint density at radius 3 is 2.76 bits per heavy atom. The lowest BCUT2D eigenvalue weighted by Gasteiger charge is -2.34. The summed E-state index contributed by atoms with van der Waals surface area (Å²) in [4.78, 5) is 14.8. The predicted octanol–water partition coefficient (Wildman–Crippen LogP) is 4.37. The third-order valence-electron chi connectivity index (χ3n) is 7.81. The van der Waals surface area contributed by atoms with Gasteiger partial charge in [0.1, 0.15) is 5.52 Å². The molecule has 0 bridgehead atoms. The number of rotatable bonds is 7. The number of nitrogens with zero attached hydrogens (tertiary/aromatic N) is 4. The molecule has 8 nitrogen and oxygen atoms in total. The highest BCUT2D eigenvalue weighted by atomic mass is 16.6. The average Bonchev–Trinajstić information content (AvgIpc) is 3.51. The maximum atomic E-state index is 12.8. The van der Waals surface area contributed by atoms with Gasteiger partial charge in [-0.15, -0.1) is 5.10 Å². The zero-order chi connectivity index (χ0) is 26.5. The summed E-state index contributed by atoms with van der Waals surface area (Å²) >= 11 is 0. The van der Waals surface area contributed by atoms with Gasteiger partial charge in [0.2, 0.25) is 6.41 Å². The lowest BCUT2D eigenvalue weighted by molar-refractivity contribution is -0.243. The minimum absolute atomic E-state index is 0.0964. The minimum Gasteiger partial charge on any atom is -0.466 e. The number of fused-ring (bicyclic) bond motifs is 4. The monoisotopic (exact) mass is 506 g/mol. The summed E-state index contributed by atoms with van der Waals surface area (Å²) in [6.45, 7) is 10.9. The molecule has 5 rings (SSSR count). The van der Waals surface area contributed by atoms with E-state index >= 15 is 0 Å². The molecule has 37 heavy (non-hydrogen) atoms. The number of aryl methyl sites for hydroxylation is 2. The molecule has 2 aromatic carbocycles. The van der Waals surface area contributed by atoms with E-state index in [9.17, 15) is 9.90 Å². The second-order valence-corrected chi connectivity index (χ2v) is 11.4. The van der Waals surface area contributed by atoms with E-state index in [2.05, 4.69) is 39.5 Å². The summed E-state index contributed by atoms with van der Waals surface area (Å²) in [5.74, 6) is 0.0473. The van der Waals surface area contributed by atoms with Crippen LogP contribution in [0.1, 0.15) is 80.3 Å². The number of esters is 1. The van der Waals surface area contributed by atoms with E-state index in [1.807, 2.05) is 47.7 Å². The highest BCUT2D eigenvalue weighted by molar-refractivity contribution is 5.80. The van der Waals surface area contributed by atoms with Crippen molar-refractivity contribution < 1.29 is 19.4 Å². The Balaban J connectivity index is 1.54. The van der Waals surface area contributed by atoms with Crippen molar-refractivity contribution in [3.8, 4) is 0 Å². The van der Waals surface area contributed by atoms with Crippen LogP contribution in [-0.2, 0) is 27.7 Å². The van der Waals surface area contributed by atoms with Gasteiger partial charge in [0.05, 0.1) is 24.1 Å². The number of hydrogen-bond acceptors (Lipinski definition) is 7. The molecule has 1 N–H and O–H groups in total. The molecule has 1 fully saturated rings. The van der Waals surface area contributed by atoms with E-state index in [4.69, 9.17) is 9.47 Å². The predicted molar refractivity (Wildman–Crippen MR) is 141 cm³/mol. The third kappa shape index (κ3) is 4.90. The first-order chi connectivity index (χ1) is 17.6. The van der Waals surface area contributed by atoms with Crippen molar-refractivity contribution in [2.75, 3.05) is 13.2 Å². The molecular formula is C29H38N4O4. The molecule has 1 aliphatic carbocycles. The minimum atomic E-state index is -0.957. The quantitative estimate of drug-likeness (QED) is 0.376. The van der Waals surface area contributed by atoms with Gasteiger partial charge in [-0.25, -0.2) is 9.58 Å². The van der Waals surface area contributed by atoms with Gasteiger partial charge in [0.25, 0.3) is 0 Å². The number of aliphatic hydroxyl groups excluding tert-OH is 1. The standard InChI is InChI=1S/C29H38N4O4/c1-7-36-25(34)16-22(21-10-11-24-26(17(21)2)30-31-32(24)6)19-9-8-18-14-20-12-13-33(27(20)23(18)15-19)28(35)37-29(3,4)5/h8-11,15,20,22,27-28,35H,7,12-14,16H2,1-6H3. The number of aromatic nitrogens is 3. The van der Waals surface area contributed by atoms with Crippen molar-refractivity contribution in [1.82, 2.24) is 19.9 Å². The highest BCUT2D eigenvalue weighted by Crippen LogP contribution is 2.48. The Morgan fingerprint density at radius 1 is 1.24 bits per heavy atom. The molecule has 198 valence electrons. The van der Waals surface area contributed by atoms with Crippen molar-refractivity contribution >= 4 is 17.0 Å². The van der Waals surface area contributed by atoms with E-state index in [0.717, 1.165) is 47.1 Å². The number of carbonyl (C=O) groups excluding carboxylic acids is 1. The first-order valence-electron chi connectivity index (χ1n) is 13.3. The van der Waals surface area contributed by atoms with Gasteiger partial charge in [-0.2, -0.15) is 0 Å². The van der Waals surface area contributed by atoms with E-state index in [1.165, 1.54) is 11.1 Å². The highest BCUT2D eigenvalue weighted by Gasteiger charge is 2.45. The van der Waals surface area contributed by atoms with Gasteiger partial charge in [-0.05, 0) is 87.3 Å². The normalized spacial score (nSPS) is 21.2. The number of carbonyl (C=O) groups is 1. The van der Waals surface area contributed by atoms with Gasteiger partial charge >= 0.3 is 5.97 Å². The van der Waals surface area contributed by atoms with Gasteiger partial charge in [0.15, 0.2) is 0 Å². The molecule has 4 atom stereocenters. The van der Waals surface area contributed by atoms with E-state index in [-0.39, 0.29) is 24.3 Å². The number of aliphatic hydroxyl groups is 1. The van der Waals surface area contributed by atoms with Crippen LogP contribution in [0, 0.1) is 12.8 Å². The molecular weight excluding hydrogens is 468 g/mol. The first-order valence-corrected chi connectivity index (χ1v) is 13.3. The molecule has 4 unspecified atom stereocenters. The molecule has 1 aliphatic heterocycles. The van der Waals surface area contributed by atoms with Crippen molar-refractivity contribution in [3.05, 3.63) is 58.1 Å². The second kappa shape index (κ2) is 9.82. The van der Waals surface area contributed by atoms with E-state index < -0.39 is 12.0 Å². The number of ether oxygens (including phenoxy) is 2. The third-order valence-corrected chi connectivity index (χ3v) is 7.81. The summed E-state index contributed by atoms with van der Waals surface area (Å²) in [6.07, 6.45) is 1.30. The van der Waals surface area contributed by atoms with Crippen LogP contribution in [0.5, 0.6) is 0 Å². The van der Waals surface area contributed by atoms with Crippen LogP contribution >= 0.6 is 0 Å². The van der Waals surface area contributed by atoms with Gasteiger partial charge in [-0.3, -0.25) is 4.79 Å². The average molecular weight is 507 g/mol. The zero-order valence-electron chi connectivity index (χ0n) is 22.7. The van der Waals surface area contributed by atoms with Crippen LogP contribution in [0.15, 0.2) is 30.3 Å². The molecule has 0 amide bonds. The second-order valence-electron chi connectivity index (χ2n) is 11.4. The Bertz CT molecular complexity index is 1310. The number of hydrogen-bond donors (Lipinski definition) is 1. The van der Waals surface area contributed by atoms with Crippen molar-refractivity contribution in [2.45, 2.75) is 77.9 Å². The van der Waals surface area contributed by atoms with Crippen molar-refractivity contribution in [1.29, 1.82) is 0 Å². The maximum absolute atomic E-state index is 12.8. The van der Waals surface area contributed by atoms with Crippen LogP contribution in [0.3, 0.4) is 0 Å². The van der Waals surface area contributed by atoms with Gasteiger partial charge in [0, 0.05) is 25.6 Å². The summed E-state index contributed by atoms with van der Waals surface area (Å²) in [5, 5.41) is 19.5. The fourth-order valence-electron chi connectivity index (χ4n) is 6.15. The SMILES string of the molecule is CCOC(=O)CC(c1ccc2c(c1)C1C(CCN1C(O)OC(C)(C)C)C2)c1ccc2c(nnn2C)c1C. The lowest BCUT2D eigenvalue weighted by Crippen LogP contribution is -2.41. The fraction of sp³-hybridized carbons (Fsp3) is 0.552. The Kier molecular flexibility index (Phi) is 6.85. The van der Waals surface area contributed by atoms with Crippen LogP contribution in [0.2, 0.25) is 0 Å². The molecule has 0 saturated carbocycles. The van der Waals surface area contributed by atoms with Crippen LogP contribution in [-0.4, -0.2) is 56.1 Å². The summed E-state index contributed by atoms with van der Waals surface area (Å²) in [7, 11) is 1.88. The largest absolute Gasteiger partial charge is 0.466 e. The molecule has 0 radical (unpaired) electrons. The molecule has 8 heteroatoms. The number of likely N-dealkylation sites (tertiary alicyclic amines) is 1. The molecule has 1 saturated heterocycles. The van der Waals surface area contributed by atoms with Crippen LogP contribution < -0.4 is 0 Å². The topological polar surface area (TPSA) is 89.7 Å². The van der Waals surface area contributed by atoms with E-state index in [0.29, 0.717) is 12.5 Å². The molecule has 2 heterocycles. The summed E-state index contributed by atoms with van der Waals surface area (Å²) in [5.41, 5.74) is 7.04. The van der Waals surface area contributed by atoms with Crippen molar-refractivity contribution in [2.24, 2.45) is 13.0 Å². The Morgan fingerprint density at radius 2 is 2.03 bits per heavy atom. The van der Waals surface area contributed by atoms with Gasteiger partial charge < -0.3 is 14.6 Å². The molecule has 1 aromatic heterocycles. The molecule has 2 aliphatic rings. The van der Waals surface area contributed by atoms with Gasteiger partial charge in [-0.1, -0.05) is 29.5 Å². The molecule has 0 spiro atoms. The Labute approximate surface area is 218 Å². The van der Waals surface area contributed by atoms with E-state index in [1.54, 1.807) is 4.68 Å². The molecule has 3 aromatic rings. The maximum Gasteiger partial charge on any atom is 0.306 e. The fourth-order valence-corrected chi connectivity index (χ4v) is 6.15. The first kappa shape index (κ1) is 25.8. The summed E-state index contributed by atoms with van der Waals surface area (Å²) < 4.78 is 13.1. The summed E-state index contributed by atoms with van der Waals surface area (Å²) in [6, 6.07) is 10.8. The Hall–Kier alpha value is -2.81. The zero-order valence-corrected chi connectivity index (χ0v) is 22.7. The van der Waals surface area contributed by atoms with Crippen molar-refractivity contribution in [3.63, 3.8) is 0 Å². The van der Waals surface area contributed by atoms with Crippen LogP contribution in [0.25, 0.3) is 11.0 Å². The van der Waals surface area contributed by atoms with Crippen LogP contribution in [0.4, 0.5) is 0 Å². The number of benzene rings is 2. The smallest absolute Gasteiger partial charge is 0.306 e. The lowest BCUT2D eigenvalue weighted by atomic mass is 9.84.